The summed E-state index contributed by atoms with van der Waals surface area (Å²) in [6.45, 7) is 11.0. The van der Waals surface area contributed by atoms with Crippen LogP contribution in [0.1, 0.15) is 52.7 Å². The Morgan fingerprint density at radius 3 is 1.20 bits per heavy atom. The van der Waals surface area contributed by atoms with E-state index in [-0.39, 0.29) is 23.0 Å². The fourth-order valence-electron chi connectivity index (χ4n) is 6.45. The highest BCUT2D eigenvalue weighted by Crippen LogP contribution is 2.20. The number of fused-ring (bicyclic) bond motifs is 2. The zero-order valence-electron chi connectivity index (χ0n) is 32.6. The van der Waals surface area contributed by atoms with Gasteiger partial charge in [-0.3, -0.25) is 28.8 Å². The van der Waals surface area contributed by atoms with Crippen molar-refractivity contribution in [2.24, 2.45) is 11.8 Å². The van der Waals surface area contributed by atoms with Crippen molar-refractivity contribution >= 4 is 35.4 Å². The van der Waals surface area contributed by atoms with Crippen LogP contribution >= 0.6 is 0 Å². The summed E-state index contributed by atoms with van der Waals surface area (Å²) in [5.41, 5.74) is 2.28. The van der Waals surface area contributed by atoms with Crippen LogP contribution in [0.2, 0.25) is 0 Å². The normalized spacial score (nSPS) is 25.4. The third-order valence-corrected chi connectivity index (χ3v) is 9.73. The smallest absolute Gasteiger partial charge is 0.251 e. The number of carbonyl (C=O) groups excluding carboxylic acids is 6. The van der Waals surface area contributed by atoms with Gasteiger partial charge in [0.25, 0.3) is 11.8 Å². The summed E-state index contributed by atoms with van der Waals surface area (Å²) in [5.74, 6) is -4.29. The SMILES string of the molecule is CC(C)[C@H]1NC(=O)C2=CN(Cc3ccccc3)C=C[C@H]2NC(=O)[C@@H](C)NC(=O)[C@@H](C(C)C)NC(=O)C2=CN(Cc3ccccc3)C=C[C@H]2NC(=O)[C@@H](C)NC1=O. The standard InChI is InChI=1S/C42H52N8O6/c1-25(2)35-41(55)43-27(5)37(51)46-34-18-20-50(22-30-15-11-8-12-16-30)24-32(34)40(54)48-36(26(3)4)42(56)44-28(6)38(52)45-33-17-19-49(23-31(33)39(53)47-35)21-29-13-9-7-10-14-29/h7-20,23-28,33-36H,21-22H2,1-6H3,(H,43,55)(H,44,56)(H,45,52)(H,46,51)(H,47,53)(H,48,54)/t27-,28-,33-,34-,35-,36-/m1/s1. The lowest BCUT2D eigenvalue weighted by Gasteiger charge is -2.31. The number of amides is 6. The first-order chi connectivity index (χ1) is 26.7. The number of carbonyl (C=O) groups is 6. The Labute approximate surface area is 327 Å². The maximum atomic E-state index is 14.0. The number of benzene rings is 2. The lowest BCUT2D eigenvalue weighted by molar-refractivity contribution is -0.133. The van der Waals surface area contributed by atoms with Crippen LogP contribution in [0, 0.1) is 11.8 Å². The molecule has 0 unspecified atom stereocenters. The average molecular weight is 765 g/mol. The molecule has 3 aliphatic rings. The van der Waals surface area contributed by atoms with Crippen LogP contribution in [-0.4, -0.2) is 81.5 Å². The van der Waals surface area contributed by atoms with Crippen molar-refractivity contribution in [1.82, 2.24) is 41.7 Å². The van der Waals surface area contributed by atoms with E-state index >= 15 is 0 Å². The van der Waals surface area contributed by atoms with Gasteiger partial charge in [0.1, 0.15) is 24.2 Å². The van der Waals surface area contributed by atoms with Crippen LogP contribution in [0.25, 0.3) is 0 Å². The molecular weight excluding hydrogens is 713 g/mol. The van der Waals surface area contributed by atoms with Gasteiger partial charge in [-0.2, -0.15) is 0 Å². The molecule has 0 radical (unpaired) electrons. The number of hydrogen-bond acceptors (Lipinski definition) is 8. The number of nitrogens with zero attached hydrogens (tertiary/aromatic N) is 2. The summed E-state index contributed by atoms with van der Waals surface area (Å²) in [6, 6.07) is 13.2. The van der Waals surface area contributed by atoms with Crippen molar-refractivity contribution < 1.29 is 28.8 Å². The molecule has 14 heteroatoms. The highest BCUT2D eigenvalue weighted by molar-refractivity contribution is 6.02. The second kappa shape index (κ2) is 18.4. The van der Waals surface area contributed by atoms with Crippen LogP contribution in [-0.2, 0) is 41.9 Å². The summed E-state index contributed by atoms with van der Waals surface area (Å²) in [5, 5.41) is 16.8. The summed E-state index contributed by atoms with van der Waals surface area (Å²) < 4.78 is 0. The quantitative estimate of drug-likeness (QED) is 0.259. The van der Waals surface area contributed by atoms with Gasteiger partial charge in [-0.15, -0.1) is 0 Å². The van der Waals surface area contributed by atoms with E-state index in [0.717, 1.165) is 11.1 Å². The van der Waals surface area contributed by atoms with E-state index in [0.29, 0.717) is 13.1 Å². The highest BCUT2D eigenvalue weighted by Gasteiger charge is 2.35. The Morgan fingerprint density at radius 1 is 0.500 bits per heavy atom. The Morgan fingerprint density at radius 2 is 0.857 bits per heavy atom. The molecule has 14 nitrogen and oxygen atoms in total. The van der Waals surface area contributed by atoms with Crippen LogP contribution in [0.4, 0.5) is 0 Å². The average Bonchev–Trinajstić information content (AvgIpc) is 3.16. The largest absolute Gasteiger partial charge is 0.350 e. The third-order valence-electron chi connectivity index (χ3n) is 9.73. The number of rotatable bonds is 6. The van der Waals surface area contributed by atoms with Gasteiger partial charge in [0.15, 0.2) is 0 Å². The van der Waals surface area contributed by atoms with Crippen molar-refractivity contribution in [3.8, 4) is 0 Å². The lowest BCUT2D eigenvalue weighted by atomic mass is 9.98. The molecule has 3 heterocycles. The lowest BCUT2D eigenvalue weighted by Crippen LogP contribution is -2.58. The molecule has 2 aromatic carbocycles. The van der Waals surface area contributed by atoms with Gasteiger partial charge in [0, 0.05) is 37.9 Å². The van der Waals surface area contributed by atoms with E-state index in [9.17, 15) is 28.8 Å². The number of nitrogens with one attached hydrogen (secondary N) is 6. The van der Waals surface area contributed by atoms with E-state index in [4.69, 9.17) is 0 Å². The van der Waals surface area contributed by atoms with E-state index in [2.05, 4.69) is 31.9 Å². The summed E-state index contributed by atoms with van der Waals surface area (Å²) in [6.07, 6.45) is 10.0. The maximum absolute atomic E-state index is 14.0. The third kappa shape index (κ3) is 10.5. The van der Waals surface area contributed by atoms with Crippen molar-refractivity contribution in [3.05, 3.63) is 120 Å². The fourth-order valence-corrected chi connectivity index (χ4v) is 6.45. The second-order valence-corrected chi connectivity index (χ2v) is 15.0. The van der Waals surface area contributed by atoms with Crippen LogP contribution in [0.15, 0.2) is 109 Å². The first kappa shape index (κ1) is 41.0. The molecule has 0 spiro atoms. The van der Waals surface area contributed by atoms with Crippen molar-refractivity contribution in [2.45, 2.75) is 90.9 Å². The minimum absolute atomic E-state index is 0.158. The molecule has 0 aromatic heterocycles. The van der Waals surface area contributed by atoms with Crippen molar-refractivity contribution in [2.75, 3.05) is 0 Å². The monoisotopic (exact) mass is 764 g/mol. The Kier molecular flexibility index (Phi) is 13.5. The van der Waals surface area contributed by atoms with Gasteiger partial charge < -0.3 is 41.7 Å². The Balaban J connectivity index is 1.46. The number of hydrogen-bond donors (Lipinski definition) is 6. The predicted molar refractivity (Wildman–Crippen MR) is 211 cm³/mol. The molecule has 0 saturated carbocycles. The summed E-state index contributed by atoms with van der Waals surface area (Å²) in [4.78, 5) is 86.4. The van der Waals surface area contributed by atoms with Gasteiger partial charge in [0.2, 0.25) is 23.6 Å². The molecule has 6 N–H and O–H groups in total. The van der Waals surface area contributed by atoms with Crippen LogP contribution in [0.5, 0.6) is 0 Å². The zero-order valence-corrected chi connectivity index (χ0v) is 32.6. The molecule has 56 heavy (non-hydrogen) atoms. The predicted octanol–water partition coefficient (Wildman–Crippen LogP) is 2.09. The maximum Gasteiger partial charge on any atom is 0.251 e. The molecule has 1 saturated heterocycles. The van der Waals surface area contributed by atoms with Gasteiger partial charge in [-0.1, -0.05) is 88.4 Å². The van der Waals surface area contributed by atoms with E-state index in [1.165, 1.54) is 13.8 Å². The first-order valence-corrected chi connectivity index (χ1v) is 18.9. The molecule has 2 aromatic rings. The van der Waals surface area contributed by atoms with Crippen LogP contribution in [0.3, 0.4) is 0 Å². The minimum Gasteiger partial charge on any atom is -0.350 e. The molecule has 6 atom stereocenters. The second-order valence-electron chi connectivity index (χ2n) is 15.0. The van der Waals surface area contributed by atoms with E-state index in [1.807, 2.05) is 60.7 Å². The van der Waals surface area contributed by atoms with Gasteiger partial charge >= 0.3 is 0 Å². The molecule has 5 rings (SSSR count). The van der Waals surface area contributed by atoms with E-state index in [1.54, 1.807) is 74.4 Å². The van der Waals surface area contributed by atoms with Crippen LogP contribution < -0.4 is 31.9 Å². The molecule has 6 amide bonds. The van der Waals surface area contributed by atoms with Crippen molar-refractivity contribution in [3.63, 3.8) is 0 Å². The molecular formula is C42H52N8O6. The molecule has 0 aliphatic carbocycles. The molecule has 3 aliphatic heterocycles. The van der Waals surface area contributed by atoms with Gasteiger partial charge in [0.05, 0.1) is 23.2 Å². The minimum atomic E-state index is -1.06. The van der Waals surface area contributed by atoms with Gasteiger partial charge in [-0.05, 0) is 49.0 Å². The van der Waals surface area contributed by atoms with Crippen molar-refractivity contribution in [1.29, 1.82) is 0 Å². The van der Waals surface area contributed by atoms with Gasteiger partial charge in [-0.25, -0.2) is 0 Å². The van der Waals surface area contributed by atoms with E-state index < -0.39 is 71.7 Å². The highest BCUT2D eigenvalue weighted by atomic mass is 16.2. The molecule has 1 fully saturated rings. The fraction of sp³-hybridized carbons (Fsp3) is 0.381. The zero-order chi connectivity index (χ0) is 40.5. The Hall–Kier alpha value is -6.18. The molecule has 0 bridgehead atoms. The first-order valence-electron chi connectivity index (χ1n) is 18.9. The summed E-state index contributed by atoms with van der Waals surface area (Å²) >= 11 is 0. The summed E-state index contributed by atoms with van der Waals surface area (Å²) in [7, 11) is 0. The topological polar surface area (TPSA) is 181 Å². The Bertz CT molecular complexity index is 1770. The molecule has 296 valence electrons.